The van der Waals surface area contributed by atoms with Gasteiger partial charge in [-0.15, -0.1) is 0 Å². The molecule has 6 heteroatoms. The van der Waals surface area contributed by atoms with Crippen LogP contribution in [0, 0.1) is 0 Å². The largest absolute Gasteiger partial charge is 0.399 e. The van der Waals surface area contributed by atoms with Gasteiger partial charge < -0.3 is 21.7 Å². The molecule has 1 aromatic carbocycles. The van der Waals surface area contributed by atoms with Crippen LogP contribution in [0.2, 0.25) is 0 Å². The van der Waals surface area contributed by atoms with Crippen molar-refractivity contribution in [1.29, 1.82) is 0 Å². The number of nitrogen functional groups attached to an aromatic ring is 1. The van der Waals surface area contributed by atoms with Crippen LogP contribution in [0.4, 0.5) is 11.4 Å². The fourth-order valence-corrected chi connectivity index (χ4v) is 1.76. The lowest BCUT2D eigenvalue weighted by atomic mass is 10.1. The molecular formula is C14H22N4O2. The van der Waals surface area contributed by atoms with E-state index in [0.717, 1.165) is 0 Å². The normalized spacial score (nSPS) is 11.6. The molecule has 0 fully saturated rings. The van der Waals surface area contributed by atoms with E-state index in [1.807, 2.05) is 13.8 Å². The quantitative estimate of drug-likeness (QED) is 0.583. The summed E-state index contributed by atoms with van der Waals surface area (Å²) < 4.78 is 0. The summed E-state index contributed by atoms with van der Waals surface area (Å²) in [6, 6.07) is 4.50. The maximum absolute atomic E-state index is 12.0. The number of carbonyl (C=O) groups excluding carboxylic acids is 2. The van der Waals surface area contributed by atoms with Crippen LogP contribution in [-0.2, 0) is 4.79 Å². The molecule has 0 aliphatic rings. The molecule has 0 saturated heterocycles. The number of anilines is 2. The second kappa shape index (κ2) is 7.37. The van der Waals surface area contributed by atoms with E-state index in [4.69, 9.17) is 5.73 Å². The molecule has 0 heterocycles. The molecule has 1 unspecified atom stereocenters. The third kappa shape index (κ3) is 4.15. The number of benzene rings is 1. The highest BCUT2D eigenvalue weighted by Crippen LogP contribution is 2.20. The summed E-state index contributed by atoms with van der Waals surface area (Å²) in [5.74, 6) is -0.324. The monoisotopic (exact) mass is 278 g/mol. The van der Waals surface area contributed by atoms with Gasteiger partial charge in [-0.1, -0.05) is 0 Å². The minimum Gasteiger partial charge on any atom is -0.399 e. The minimum absolute atomic E-state index is 0.128. The molecule has 1 atom stereocenters. The van der Waals surface area contributed by atoms with E-state index < -0.39 is 6.04 Å². The second-order valence-corrected chi connectivity index (χ2v) is 4.43. The van der Waals surface area contributed by atoms with Crippen LogP contribution in [0.1, 0.15) is 31.1 Å². The predicted molar refractivity (Wildman–Crippen MR) is 80.6 cm³/mol. The topological polar surface area (TPSA) is 96.2 Å². The first kappa shape index (κ1) is 15.8. The molecule has 2 amide bonds. The molecule has 0 bridgehead atoms. The van der Waals surface area contributed by atoms with Gasteiger partial charge in [-0.25, -0.2) is 0 Å². The maximum Gasteiger partial charge on any atom is 0.253 e. The Bertz CT molecular complexity index is 488. The smallest absolute Gasteiger partial charge is 0.253 e. The highest BCUT2D eigenvalue weighted by Gasteiger charge is 2.16. The number of nitrogens with one attached hydrogen (secondary N) is 3. The van der Waals surface area contributed by atoms with Gasteiger partial charge in [0.1, 0.15) is 6.04 Å². The summed E-state index contributed by atoms with van der Waals surface area (Å²) in [5, 5.41) is 8.47. The van der Waals surface area contributed by atoms with Gasteiger partial charge in [0.2, 0.25) is 5.91 Å². The zero-order chi connectivity index (χ0) is 15.1. The number of amides is 2. The van der Waals surface area contributed by atoms with Crippen LogP contribution in [-0.4, -0.2) is 30.9 Å². The molecule has 0 aromatic heterocycles. The molecular weight excluding hydrogens is 256 g/mol. The van der Waals surface area contributed by atoms with Crippen LogP contribution >= 0.6 is 0 Å². The van der Waals surface area contributed by atoms with E-state index >= 15 is 0 Å². The zero-order valence-corrected chi connectivity index (χ0v) is 12.1. The number of hydrogen-bond donors (Lipinski definition) is 4. The number of nitrogens with two attached hydrogens (primary N) is 1. The highest BCUT2D eigenvalue weighted by molar-refractivity contribution is 6.01. The fraction of sp³-hybridized carbons (Fsp3) is 0.429. The van der Waals surface area contributed by atoms with Crippen LogP contribution in [0.5, 0.6) is 0 Å². The molecule has 0 spiro atoms. The summed E-state index contributed by atoms with van der Waals surface area (Å²) in [6.45, 7) is 6.53. The lowest BCUT2D eigenvalue weighted by molar-refractivity contribution is -0.121. The average Bonchev–Trinajstić information content (AvgIpc) is 2.39. The Balaban J connectivity index is 2.95. The lowest BCUT2D eigenvalue weighted by Gasteiger charge is -2.17. The highest BCUT2D eigenvalue weighted by atomic mass is 16.2. The standard InChI is InChI=1S/C14H22N4O2/c1-4-16-13(19)9(3)18-12-8-10(15)6-7-11(12)14(20)17-5-2/h6-9,18H,4-5,15H2,1-3H3,(H,16,19)(H,17,20). The first-order valence-electron chi connectivity index (χ1n) is 6.71. The first-order valence-corrected chi connectivity index (χ1v) is 6.71. The van der Waals surface area contributed by atoms with Crippen molar-refractivity contribution in [3.8, 4) is 0 Å². The van der Waals surface area contributed by atoms with Crippen LogP contribution in [0.25, 0.3) is 0 Å². The number of hydrogen-bond acceptors (Lipinski definition) is 4. The van der Waals surface area contributed by atoms with E-state index in [2.05, 4.69) is 16.0 Å². The Labute approximate surface area is 119 Å². The van der Waals surface area contributed by atoms with E-state index in [0.29, 0.717) is 30.0 Å². The van der Waals surface area contributed by atoms with Crippen molar-refractivity contribution in [2.75, 3.05) is 24.1 Å². The molecule has 1 rings (SSSR count). The lowest BCUT2D eigenvalue weighted by Crippen LogP contribution is -2.38. The summed E-state index contributed by atoms with van der Waals surface area (Å²) in [4.78, 5) is 23.7. The first-order chi connectivity index (χ1) is 9.49. The van der Waals surface area contributed by atoms with Gasteiger partial charge in [0.15, 0.2) is 0 Å². The summed E-state index contributed by atoms with van der Waals surface area (Å²) >= 11 is 0. The third-order valence-electron chi connectivity index (χ3n) is 2.74. The summed E-state index contributed by atoms with van der Waals surface area (Å²) in [7, 11) is 0. The van der Waals surface area contributed by atoms with Crippen LogP contribution in [0.15, 0.2) is 18.2 Å². The van der Waals surface area contributed by atoms with Gasteiger partial charge in [0.05, 0.1) is 5.56 Å². The molecule has 6 nitrogen and oxygen atoms in total. The average molecular weight is 278 g/mol. The molecule has 20 heavy (non-hydrogen) atoms. The van der Waals surface area contributed by atoms with Crippen molar-refractivity contribution < 1.29 is 9.59 Å². The van der Waals surface area contributed by atoms with Crippen molar-refractivity contribution in [3.05, 3.63) is 23.8 Å². The Morgan fingerprint density at radius 2 is 1.85 bits per heavy atom. The Kier molecular flexibility index (Phi) is 5.83. The van der Waals surface area contributed by atoms with E-state index in [9.17, 15) is 9.59 Å². The van der Waals surface area contributed by atoms with Crippen molar-refractivity contribution in [2.45, 2.75) is 26.8 Å². The molecule has 0 aliphatic carbocycles. The van der Waals surface area contributed by atoms with Gasteiger partial charge in [-0.2, -0.15) is 0 Å². The number of rotatable bonds is 6. The molecule has 0 radical (unpaired) electrons. The second-order valence-electron chi connectivity index (χ2n) is 4.43. The molecule has 0 aliphatic heterocycles. The summed E-state index contributed by atoms with van der Waals surface area (Å²) in [6.07, 6.45) is 0. The fourth-order valence-electron chi connectivity index (χ4n) is 1.76. The van der Waals surface area contributed by atoms with Gasteiger partial charge in [-0.3, -0.25) is 9.59 Å². The number of carbonyl (C=O) groups is 2. The molecule has 1 aromatic rings. The Morgan fingerprint density at radius 1 is 1.20 bits per heavy atom. The van der Waals surface area contributed by atoms with Crippen LogP contribution < -0.4 is 21.7 Å². The SMILES string of the molecule is CCNC(=O)c1ccc(N)cc1NC(C)C(=O)NCC. The zero-order valence-electron chi connectivity index (χ0n) is 12.1. The minimum atomic E-state index is -0.454. The van der Waals surface area contributed by atoms with Crippen molar-refractivity contribution >= 4 is 23.2 Å². The molecule has 0 saturated carbocycles. The van der Waals surface area contributed by atoms with E-state index in [1.165, 1.54) is 0 Å². The predicted octanol–water partition coefficient (Wildman–Crippen LogP) is 0.955. The van der Waals surface area contributed by atoms with Gasteiger partial charge >= 0.3 is 0 Å². The van der Waals surface area contributed by atoms with E-state index in [1.54, 1.807) is 25.1 Å². The molecule has 5 N–H and O–H groups in total. The summed E-state index contributed by atoms with van der Waals surface area (Å²) in [5.41, 5.74) is 7.29. The van der Waals surface area contributed by atoms with Crippen molar-refractivity contribution in [1.82, 2.24) is 10.6 Å². The third-order valence-corrected chi connectivity index (χ3v) is 2.74. The van der Waals surface area contributed by atoms with Crippen molar-refractivity contribution in [2.24, 2.45) is 0 Å². The Morgan fingerprint density at radius 3 is 2.45 bits per heavy atom. The Hall–Kier alpha value is -2.24. The van der Waals surface area contributed by atoms with Crippen molar-refractivity contribution in [3.63, 3.8) is 0 Å². The van der Waals surface area contributed by atoms with E-state index in [-0.39, 0.29) is 11.8 Å². The van der Waals surface area contributed by atoms with Gasteiger partial charge in [0, 0.05) is 24.5 Å². The van der Waals surface area contributed by atoms with Gasteiger partial charge in [0.25, 0.3) is 5.91 Å². The van der Waals surface area contributed by atoms with Gasteiger partial charge in [-0.05, 0) is 39.0 Å². The number of likely N-dealkylation sites (N-methyl/N-ethyl adjacent to an activating group) is 1. The molecule has 110 valence electrons. The maximum atomic E-state index is 12.0. The van der Waals surface area contributed by atoms with Crippen LogP contribution in [0.3, 0.4) is 0 Å².